The molecule has 8 heteroatoms. The number of hydrogen-bond acceptors (Lipinski definition) is 7. The van der Waals surface area contributed by atoms with Crippen molar-refractivity contribution in [1.82, 2.24) is 25.0 Å². The summed E-state index contributed by atoms with van der Waals surface area (Å²) in [5.41, 5.74) is 1.06. The van der Waals surface area contributed by atoms with Crippen molar-refractivity contribution in [2.24, 2.45) is 0 Å². The molecular formula is C20H29N5O3. The average molecular weight is 387 g/mol. The molecule has 1 saturated heterocycles. The van der Waals surface area contributed by atoms with E-state index in [0.29, 0.717) is 5.92 Å². The van der Waals surface area contributed by atoms with E-state index in [1.807, 2.05) is 12.1 Å². The summed E-state index contributed by atoms with van der Waals surface area (Å²) in [6.45, 7) is 5.62. The van der Waals surface area contributed by atoms with Crippen molar-refractivity contribution in [3.05, 3.63) is 29.3 Å². The average Bonchev–Trinajstić information content (AvgIpc) is 3.18. The molecule has 0 bridgehead atoms. The number of nitrogens with zero attached hydrogens (tertiary/aromatic N) is 4. The predicted molar refractivity (Wildman–Crippen MR) is 105 cm³/mol. The van der Waals surface area contributed by atoms with E-state index in [0.717, 1.165) is 86.6 Å². The number of piperidine rings is 1. The molecule has 2 aliphatic rings. The van der Waals surface area contributed by atoms with Gasteiger partial charge in [0, 0.05) is 37.7 Å². The van der Waals surface area contributed by atoms with Crippen molar-refractivity contribution in [2.75, 3.05) is 41.0 Å². The van der Waals surface area contributed by atoms with E-state index in [1.165, 1.54) is 0 Å². The monoisotopic (exact) mass is 387 g/mol. The smallest absolute Gasteiger partial charge is 0.147 e. The predicted octanol–water partition coefficient (Wildman–Crippen LogP) is 1.79. The van der Waals surface area contributed by atoms with Crippen LogP contribution in [0.4, 0.5) is 0 Å². The van der Waals surface area contributed by atoms with Gasteiger partial charge in [0.1, 0.15) is 28.9 Å². The molecule has 1 aromatic carbocycles. The number of nitrogens with one attached hydrogen (secondary N) is 1. The van der Waals surface area contributed by atoms with Gasteiger partial charge in [-0.3, -0.25) is 4.90 Å². The summed E-state index contributed by atoms with van der Waals surface area (Å²) in [5, 5.41) is 12.2. The van der Waals surface area contributed by atoms with Gasteiger partial charge in [-0.05, 0) is 25.9 Å². The minimum absolute atomic E-state index is 0.482. The van der Waals surface area contributed by atoms with Gasteiger partial charge >= 0.3 is 0 Å². The van der Waals surface area contributed by atoms with Crippen LogP contribution in [0.5, 0.6) is 17.2 Å². The van der Waals surface area contributed by atoms with Crippen LogP contribution in [0.25, 0.3) is 0 Å². The van der Waals surface area contributed by atoms with Gasteiger partial charge in [0.25, 0.3) is 0 Å². The third-order valence-electron chi connectivity index (χ3n) is 5.80. The zero-order chi connectivity index (χ0) is 19.5. The minimum Gasteiger partial charge on any atom is -0.496 e. The molecule has 2 aromatic rings. The molecule has 152 valence electrons. The summed E-state index contributed by atoms with van der Waals surface area (Å²) in [7, 11) is 5.03. The summed E-state index contributed by atoms with van der Waals surface area (Å²) >= 11 is 0. The van der Waals surface area contributed by atoms with Gasteiger partial charge in [0.2, 0.25) is 0 Å². The third-order valence-corrected chi connectivity index (χ3v) is 5.80. The normalized spacial score (nSPS) is 18.0. The van der Waals surface area contributed by atoms with Crippen molar-refractivity contribution >= 4 is 0 Å². The summed E-state index contributed by atoms with van der Waals surface area (Å²) in [6, 6.07) is 3.84. The quantitative estimate of drug-likeness (QED) is 0.810. The number of fused-ring (bicyclic) bond motifs is 1. The lowest BCUT2D eigenvalue weighted by Gasteiger charge is -2.32. The second-order valence-electron chi connectivity index (χ2n) is 7.36. The van der Waals surface area contributed by atoms with E-state index in [9.17, 15) is 0 Å². The standard InChI is InChI=1S/C20H29N5O3/c1-26-15-10-17(27-2)16(18(11-15)28-3)13-24-7-4-14(5-8-24)20-23-22-19-12-21-6-9-25(19)20/h10-11,14,21H,4-9,12-13H2,1-3H3. The molecule has 1 fully saturated rings. The molecule has 3 heterocycles. The van der Waals surface area contributed by atoms with Crippen LogP contribution in [0.2, 0.25) is 0 Å². The van der Waals surface area contributed by atoms with Crippen LogP contribution in [-0.4, -0.2) is 60.6 Å². The first kappa shape index (κ1) is 19.0. The largest absolute Gasteiger partial charge is 0.496 e. The van der Waals surface area contributed by atoms with Crippen molar-refractivity contribution in [2.45, 2.75) is 38.4 Å². The molecule has 2 aliphatic heterocycles. The van der Waals surface area contributed by atoms with E-state index >= 15 is 0 Å². The summed E-state index contributed by atoms with van der Waals surface area (Å²) < 4.78 is 18.9. The lowest BCUT2D eigenvalue weighted by molar-refractivity contribution is 0.195. The maximum Gasteiger partial charge on any atom is 0.147 e. The molecule has 0 unspecified atom stereocenters. The van der Waals surface area contributed by atoms with Gasteiger partial charge in [-0.2, -0.15) is 0 Å². The second kappa shape index (κ2) is 8.36. The lowest BCUT2D eigenvalue weighted by Crippen LogP contribution is -2.35. The first-order chi connectivity index (χ1) is 13.7. The molecule has 0 aliphatic carbocycles. The summed E-state index contributed by atoms with van der Waals surface area (Å²) in [5.74, 6) is 5.05. The van der Waals surface area contributed by atoms with Gasteiger partial charge < -0.3 is 24.1 Å². The Kier molecular flexibility index (Phi) is 5.68. The van der Waals surface area contributed by atoms with Gasteiger partial charge in [-0.15, -0.1) is 10.2 Å². The maximum absolute atomic E-state index is 5.60. The second-order valence-corrected chi connectivity index (χ2v) is 7.36. The Labute approximate surface area is 165 Å². The number of aromatic nitrogens is 3. The Morgan fingerprint density at radius 2 is 1.71 bits per heavy atom. The van der Waals surface area contributed by atoms with Crippen molar-refractivity contribution in [3.8, 4) is 17.2 Å². The summed E-state index contributed by atoms with van der Waals surface area (Å²) in [4.78, 5) is 2.46. The highest BCUT2D eigenvalue weighted by Gasteiger charge is 2.28. The first-order valence-electron chi connectivity index (χ1n) is 9.87. The Morgan fingerprint density at radius 1 is 1.00 bits per heavy atom. The van der Waals surface area contributed by atoms with E-state index in [1.54, 1.807) is 21.3 Å². The Hall–Kier alpha value is -2.32. The molecule has 1 aromatic heterocycles. The number of methoxy groups -OCH3 is 3. The third kappa shape index (κ3) is 3.66. The number of ether oxygens (including phenoxy) is 3. The van der Waals surface area contributed by atoms with Crippen molar-refractivity contribution in [3.63, 3.8) is 0 Å². The fourth-order valence-electron chi connectivity index (χ4n) is 4.22. The van der Waals surface area contributed by atoms with E-state index in [4.69, 9.17) is 14.2 Å². The SMILES string of the molecule is COc1cc(OC)c(CN2CCC(c3nnc4n3CCNC4)CC2)c(OC)c1. The maximum atomic E-state index is 5.60. The minimum atomic E-state index is 0.482. The van der Waals surface area contributed by atoms with E-state index in [2.05, 4.69) is 25.0 Å². The van der Waals surface area contributed by atoms with Crippen LogP contribution < -0.4 is 19.5 Å². The molecule has 0 amide bonds. The zero-order valence-electron chi connectivity index (χ0n) is 16.9. The molecule has 1 N–H and O–H groups in total. The molecule has 0 spiro atoms. The van der Waals surface area contributed by atoms with Gasteiger partial charge in [-0.25, -0.2) is 0 Å². The molecule has 8 nitrogen and oxygen atoms in total. The van der Waals surface area contributed by atoms with Crippen LogP contribution in [0.15, 0.2) is 12.1 Å². The van der Waals surface area contributed by atoms with Gasteiger partial charge in [0.15, 0.2) is 0 Å². The Balaban J connectivity index is 1.44. The van der Waals surface area contributed by atoms with Crippen LogP contribution in [0, 0.1) is 0 Å². The van der Waals surface area contributed by atoms with Crippen LogP contribution >= 0.6 is 0 Å². The lowest BCUT2D eigenvalue weighted by atomic mass is 9.95. The van der Waals surface area contributed by atoms with E-state index < -0.39 is 0 Å². The van der Waals surface area contributed by atoms with Gasteiger partial charge in [0.05, 0.1) is 33.4 Å². The highest BCUT2D eigenvalue weighted by Crippen LogP contribution is 2.36. The Bertz CT molecular complexity index is 789. The first-order valence-corrected chi connectivity index (χ1v) is 9.87. The van der Waals surface area contributed by atoms with Crippen LogP contribution in [0.1, 0.15) is 36.0 Å². The fourth-order valence-corrected chi connectivity index (χ4v) is 4.22. The van der Waals surface area contributed by atoms with E-state index in [-0.39, 0.29) is 0 Å². The molecule has 28 heavy (non-hydrogen) atoms. The number of hydrogen-bond donors (Lipinski definition) is 1. The molecule has 0 radical (unpaired) electrons. The molecule has 0 saturated carbocycles. The van der Waals surface area contributed by atoms with Gasteiger partial charge in [-0.1, -0.05) is 0 Å². The van der Waals surface area contributed by atoms with Crippen LogP contribution in [0.3, 0.4) is 0 Å². The number of rotatable bonds is 6. The highest BCUT2D eigenvalue weighted by atomic mass is 16.5. The molecule has 4 rings (SSSR count). The molecular weight excluding hydrogens is 358 g/mol. The van der Waals surface area contributed by atoms with Crippen molar-refractivity contribution in [1.29, 1.82) is 0 Å². The molecule has 0 atom stereocenters. The summed E-state index contributed by atoms with van der Waals surface area (Å²) in [6.07, 6.45) is 2.18. The highest BCUT2D eigenvalue weighted by molar-refractivity contribution is 5.50. The van der Waals surface area contributed by atoms with Crippen LogP contribution in [-0.2, 0) is 19.6 Å². The van der Waals surface area contributed by atoms with Crippen molar-refractivity contribution < 1.29 is 14.2 Å². The number of likely N-dealkylation sites (tertiary alicyclic amines) is 1. The fraction of sp³-hybridized carbons (Fsp3) is 0.600. The topological polar surface area (TPSA) is 73.7 Å². The zero-order valence-corrected chi connectivity index (χ0v) is 16.9. The Morgan fingerprint density at radius 3 is 2.36 bits per heavy atom. The number of benzene rings is 1.